The van der Waals surface area contributed by atoms with Crippen LogP contribution in [0, 0.1) is 13.8 Å². The Morgan fingerprint density at radius 3 is 2.56 bits per heavy atom. The average Bonchev–Trinajstić information content (AvgIpc) is 2.54. The molecule has 1 heterocycles. The first-order valence-corrected chi connectivity index (χ1v) is 8.66. The van der Waals surface area contributed by atoms with Crippen molar-refractivity contribution in [3.05, 3.63) is 51.6 Å². The van der Waals surface area contributed by atoms with E-state index in [4.69, 9.17) is 4.74 Å². The molecule has 1 aromatic heterocycles. The lowest BCUT2D eigenvalue weighted by Gasteiger charge is -2.10. The zero-order valence-electron chi connectivity index (χ0n) is 14.2. The number of anilines is 1. The summed E-state index contributed by atoms with van der Waals surface area (Å²) in [5.74, 6) is -0.829. The molecule has 0 saturated carbocycles. The minimum atomic E-state index is -0.579. The van der Waals surface area contributed by atoms with E-state index in [9.17, 15) is 14.4 Å². The number of hydrogen-bond acceptors (Lipinski definition) is 6. The Kier molecular flexibility index (Phi) is 6.35. The number of rotatable bonds is 6. The summed E-state index contributed by atoms with van der Waals surface area (Å²) in [4.78, 5) is 42.0. The summed E-state index contributed by atoms with van der Waals surface area (Å²) in [6.07, 6.45) is 0. The number of aromatic amines is 1. The van der Waals surface area contributed by atoms with Crippen LogP contribution in [0.3, 0.4) is 0 Å². The molecule has 0 unspecified atom stereocenters. The van der Waals surface area contributed by atoms with Crippen LogP contribution in [0.25, 0.3) is 0 Å². The molecule has 0 saturated heterocycles. The van der Waals surface area contributed by atoms with Gasteiger partial charge in [-0.05, 0) is 32.9 Å². The molecule has 0 radical (unpaired) electrons. The Bertz CT molecular complexity index is 831. The van der Waals surface area contributed by atoms with Gasteiger partial charge < -0.3 is 15.0 Å². The van der Waals surface area contributed by atoms with Gasteiger partial charge in [-0.25, -0.2) is 9.59 Å². The minimum absolute atomic E-state index is 0.0101. The summed E-state index contributed by atoms with van der Waals surface area (Å²) in [6.45, 7) is 5.44. The summed E-state index contributed by atoms with van der Waals surface area (Å²) >= 11 is 1.02. The number of nitrogens with one attached hydrogen (secondary N) is 2. The molecule has 132 valence electrons. The van der Waals surface area contributed by atoms with E-state index >= 15 is 0 Å². The zero-order chi connectivity index (χ0) is 18.4. The Hall–Kier alpha value is -2.61. The first kappa shape index (κ1) is 18.7. The second-order valence-electron chi connectivity index (χ2n) is 5.27. The number of aromatic nitrogens is 2. The van der Waals surface area contributed by atoms with Gasteiger partial charge in [-0.3, -0.25) is 4.79 Å². The molecule has 0 aliphatic heterocycles. The third-order valence-electron chi connectivity index (χ3n) is 3.24. The standard InChI is InChI=1S/C17H19N3O4S/c1-4-24-16(22)14-11(3)18-17(23)20-15(14)25-9-13(21)19-12-7-5-10(2)6-8-12/h5-8H,4,9H2,1-3H3,(H,19,21)(H,18,20,23). The predicted octanol–water partition coefficient (Wildman–Crippen LogP) is 2.29. The molecule has 0 aliphatic rings. The van der Waals surface area contributed by atoms with Crippen LogP contribution in [-0.4, -0.2) is 34.2 Å². The van der Waals surface area contributed by atoms with E-state index in [2.05, 4.69) is 15.3 Å². The van der Waals surface area contributed by atoms with Crippen molar-refractivity contribution in [3.8, 4) is 0 Å². The van der Waals surface area contributed by atoms with Crippen LogP contribution in [0.4, 0.5) is 5.69 Å². The molecule has 0 fully saturated rings. The molecule has 7 nitrogen and oxygen atoms in total. The zero-order valence-corrected chi connectivity index (χ0v) is 15.0. The largest absolute Gasteiger partial charge is 0.462 e. The molecule has 1 aromatic carbocycles. The third kappa shape index (κ3) is 5.18. The van der Waals surface area contributed by atoms with E-state index in [1.165, 1.54) is 0 Å². The molecular weight excluding hydrogens is 342 g/mol. The number of ether oxygens (including phenoxy) is 1. The van der Waals surface area contributed by atoms with Gasteiger partial charge in [0.2, 0.25) is 5.91 Å². The molecule has 2 N–H and O–H groups in total. The van der Waals surface area contributed by atoms with Crippen molar-refractivity contribution in [3.63, 3.8) is 0 Å². The molecule has 0 aliphatic carbocycles. The van der Waals surface area contributed by atoms with Crippen molar-refractivity contribution in [2.24, 2.45) is 0 Å². The van der Waals surface area contributed by atoms with Gasteiger partial charge in [-0.1, -0.05) is 29.5 Å². The fourth-order valence-corrected chi connectivity index (χ4v) is 2.94. The second kappa shape index (κ2) is 8.48. The van der Waals surface area contributed by atoms with E-state index in [0.29, 0.717) is 11.4 Å². The van der Waals surface area contributed by atoms with Gasteiger partial charge in [-0.15, -0.1) is 0 Å². The molecule has 0 bridgehead atoms. The summed E-state index contributed by atoms with van der Waals surface area (Å²) < 4.78 is 4.99. The summed E-state index contributed by atoms with van der Waals surface area (Å²) in [5.41, 5.74) is 1.73. The van der Waals surface area contributed by atoms with Gasteiger partial charge in [0.15, 0.2) is 0 Å². The maximum Gasteiger partial charge on any atom is 0.346 e. The van der Waals surface area contributed by atoms with Crippen molar-refractivity contribution in [2.45, 2.75) is 25.8 Å². The highest BCUT2D eigenvalue weighted by atomic mass is 32.2. The number of hydrogen-bond donors (Lipinski definition) is 2. The van der Waals surface area contributed by atoms with Gasteiger partial charge in [0.05, 0.1) is 12.4 Å². The molecule has 8 heteroatoms. The number of nitrogens with zero attached hydrogens (tertiary/aromatic N) is 1. The number of benzene rings is 1. The van der Waals surface area contributed by atoms with Crippen LogP contribution in [0.5, 0.6) is 0 Å². The normalized spacial score (nSPS) is 10.4. The highest BCUT2D eigenvalue weighted by Gasteiger charge is 2.20. The number of esters is 1. The van der Waals surface area contributed by atoms with Crippen molar-refractivity contribution in [1.29, 1.82) is 0 Å². The van der Waals surface area contributed by atoms with Gasteiger partial charge in [0.25, 0.3) is 0 Å². The average molecular weight is 361 g/mol. The molecule has 1 amide bonds. The lowest BCUT2D eigenvalue weighted by molar-refractivity contribution is -0.113. The van der Waals surface area contributed by atoms with Gasteiger partial charge in [-0.2, -0.15) is 4.98 Å². The Labute approximate surface area is 149 Å². The lowest BCUT2D eigenvalue weighted by atomic mass is 10.2. The molecule has 2 aromatic rings. The molecule has 0 atom stereocenters. The van der Waals surface area contributed by atoms with Crippen molar-refractivity contribution in [1.82, 2.24) is 9.97 Å². The number of thioether (sulfide) groups is 1. The van der Waals surface area contributed by atoms with Crippen LogP contribution in [-0.2, 0) is 9.53 Å². The Morgan fingerprint density at radius 2 is 1.92 bits per heavy atom. The highest BCUT2D eigenvalue weighted by molar-refractivity contribution is 8.00. The maximum absolute atomic E-state index is 12.1. The van der Waals surface area contributed by atoms with E-state index in [-0.39, 0.29) is 28.9 Å². The Balaban J connectivity index is 2.11. The highest BCUT2D eigenvalue weighted by Crippen LogP contribution is 2.22. The predicted molar refractivity (Wildman–Crippen MR) is 96.1 cm³/mol. The summed E-state index contributed by atoms with van der Waals surface area (Å²) in [7, 11) is 0. The monoisotopic (exact) mass is 361 g/mol. The van der Waals surface area contributed by atoms with Crippen LogP contribution in [0.15, 0.2) is 34.1 Å². The SMILES string of the molecule is CCOC(=O)c1c(SCC(=O)Nc2ccc(C)cc2)nc(=O)[nH]c1C. The molecule has 0 spiro atoms. The quantitative estimate of drug-likeness (QED) is 0.465. The van der Waals surface area contributed by atoms with E-state index in [1.54, 1.807) is 26.0 Å². The second-order valence-corrected chi connectivity index (χ2v) is 6.23. The lowest BCUT2D eigenvalue weighted by Crippen LogP contribution is -2.21. The van der Waals surface area contributed by atoms with Crippen LogP contribution in [0.1, 0.15) is 28.5 Å². The fourth-order valence-electron chi connectivity index (χ4n) is 2.08. The number of H-pyrrole nitrogens is 1. The number of amides is 1. The topological polar surface area (TPSA) is 101 Å². The first-order chi connectivity index (χ1) is 11.9. The minimum Gasteiger partial charge on any atom is -0.462 e. The molecular formula is C17H19N3O4S. The van der Waals surface area contributed by atoms with Crippen LogP contribution < -0.4 is 11.0 Å². The van der Waals surface area contributed by atoms with Crippen LogP contribution in [0.2, 0.25) is 0 Å². The molecule has 25 heavy (non-hydrogen) atoms. The third-order valence-corrected chi connectivity index (χ3v) is 4.22. The van der Waals surface area contributed by atoms with Gasteiger partial charge >= 0.3 is 11.7 Å². The maximum atomic E-state index is 12.1. The fraction of sp³-hybridized carbons (Fsp3) is 0.294. The summed E-state index contributed by atoms with van der Waals surface area (Å²) in [5, 5.41) is 2.93. The van der Waals surface area contributed by atoms with Crippen molar-refractivity contribution in [2.75, 3.05) is 17.7 Å². The van der Waals surface area contributed by atoms with Crippen LogP contribution >= 0.6 is 11.8 Å². The summed E-state index contributed by atoms with van der Waals surface area (Å²) in [6, 6.07) is 7.39. The Morgan fingerprint density at radius 1 is 1.24 bits per heavy atom. The van der Waals surface area contributed by atoms with E-state index in [1.807, 2.05) is 19.1 Å². The van der Waals surface area contributed by atoms with Crippen molar-refractivity contribution >= 4 is 29.3 Å². The number of aryl methyl sites for hydroxylation is 2. The van der Waals surface area contributed by atoms with E-state index < -0.39 is 11.7 Å². The number of carbonyl (C=O) groups excluding carboxylic acids is 2. The number of carbonyl (C=O) groups is 2. The first-order valence-electron chi connectivity index (χ1n) is 7.68. The molecule has 2 rings (SSSR count). The van der Waals surface area contributed by atoms with E-state index in [0.717, 1.165) is 17.3 Å². The van der Waals surface area contributed by atoms with Gasteiger partial charge in [0.1, 0.15) is 10.6 Å². The van der Waals surface area contributed by atoms with Crippen molar-refractivity contribution < 1.29 is 14.3 Å². The smallest absolute Gasteiger partial charge is 0.346 e. The van der Waals surface area contributed by atoms with Gasteiger partial charge in [0, 0.05) is 11.4 Å².